The highest BCUT2D eigenvalue weighted by Crippen LogP contribution is 2.29. The van der Waals surface area contributed by atoms with Gasteiger partial charge < -0.3 is 25.4 Å². The van der Waals surface area contributed by atoms with Crippen LogP contribution >= 0.6 is 0 Å². The number of carbonyl (C=O) groups is 2. The minimum absolute atomic E-state index is 0.0807. The SMILES string of the molecule is COc1ccc(C(=O)N(Cc2cccc(NC(=O)C3CCCC3)c2)CC(C)(C)CN)cc1OC. The zero-order valence-corrected chi connectivity index (χ0v) is 20.7. The number of carbonyl (C=O) groups excluding carboxylic acids is 2. The number of anilines is 1. The van der Waals surface area contributed by atoms with E-state index in [1.807, 2.05) is 38.1 Å². The summed E-state index contributed by atoms with van der Waals surface area (Å²) in [5.74, 6) is 1.12. The minimum Gasteiger partial charge on any atom is -0.493 e. The lowest BCUT2D eigenvalue weighted by Crippen LogP contribution is -2.41. The van der Waals surface area contributed by atoms with Gasteiger partial charge in [0.2, 0.25) is 5.91 Å². The molecule has 184 valence electrons. The van der Waals surface area contributed by atoms with Gasteiger partial charge in [-0.3, -0.25) is 9.59 Å². The minimum atomic E-state index is -0.263. The first-order valence-electron chi connectivity index (χ1n) is 11.9. The van der Waals surface area contributed by atoms with Crippen LogP contribution in [-0.2, 0) is 11.3 Å². The lowest BCUT2D eigenvalue weighted by molar-refractivity contribution is -0.119. The predicted molar refractivity (Wildman–Crippen MR) is 134 cm³/mol. The molecule has 0 heterocycles. The summed E-state index contributed by atoms with van der Waals surface area (Å²) in [6.07, 6.45) is 4.13. The summed E-state index contributed by atoms with van der Waals surface area (Å²) in [4.78, 5) is 27.9. The van der Waals surface area contributed by atoms with Crippen LogP contribution in [0.2, 0.25) is 0 Å². The zero-order valence-electron chi connectivity index (χ0n) is 20.7. The van der Waals surface area contributed by atoms with E-state index in [0.717, 1.165) is 36.9 Å². The van der Waals surface area contributed by atoms with Crippen molar-refractivity contribution in [3.63, 3.8) is 0 Å². The first-order chi connectivity index (χ1) is 16.3. The molecule has 34 heavy (non-hydrogen) atoms. The second-order valence-corrected chi connectivity index (χ2v) is 9.77. The Morgan fingerprint density at radius 3 is 2.41 bits per heavy atom. The fourth-order valence-corrected chi connectivity index (χ4v) is 4.33. The van der Waals surface area contributed by atoms with E-state index in [4.69, 9.17) is 15.2 Å². The number of hydrogen-bond donors (Lipinski definition) is 2. The fraction of sp³-hybridized carbons (Fsp3) is 0.481. The van der Waals surface area contributed by atoms with Gasteiger partial charge in [0.05, 0.1) is 14.2 Å². The first kappa shape index (κ1) is 25.6. The third-order valence-electron chi connectivity index (χ3n) is 6.38. The van der Waals surface area contributed by atoms with Crippen molar-refractivity contribution in [2.75, 3.05) is 32.6 Å². The van der Waals surface area contributed by atoms with Crippen molar-refractivity contribution in [1.82, 2.24) is 4.90 Å². The summed E-state index contributed by atoms with van der Waals surface area (Å²) in [6.45, 7) is 5.40. The Bertz CT molecular complexity index is 999. The second kappa shape index (κ2) is 11.4. The summed E-state index contributed by atoms with van der Waals surface area (Å²) in [5.41, 5.74) is 7.93. The topological polar surface area (TPSA) is 93.9 Å². The molecule has 2 aromatic rings. The molecular formula is C27H37N3O4. The Hall–Kier alpha value is -3.06. The molecule has 2 amide bonds. The molecule has 0 aliphatic heterocycles. The van der Waals surface area contributed by atoms with Gasteiger partial charge in [-0.2, -0.15) is 0 Å². The highest BCUT2D eigenvalue weighted by atomic mass is 16.5. The monoisotopic (exact) mass is 467 g/mol. The fourth-order valence-electron chi connectivity index (χ4n) is 4.33. The van der Waals surface area contributed by atoms with Crippen molar-refractivity contribution in [1.29, 1.82) is 0 Å². The summed E-state index contributed by atoms with van der Waals surface area (Å²) in [6, 6.07) is 12.9. The molecule has 3 N–H and O–H groups in total. The molecule has 7 nitrogen and oxygen atoms in total. The van der Waals surface area contributed by atoms with Gasteiger partial charge in [-0.25, -0.2) is 0 Å². The van der Waals surface area contributed by atoms with Crippen molar-refractivity contribution in [3.8, 4) is 11.5 Å². The van der Waals surface area contributed by atoms with E-state index in [2.05, 4.69) is 5.32 Å². The van der Waals surface area contributed by atoms with Crippen molar-refractivity contribution in [2.24, 2.45) is 17.1 Å². The number of nitrogens with zero attached hydrogens (tertiary/aromatic N) is 1. The number of benzene rings is 2. The van der Waals surface area contributed by atoms with Crippen LogP contribution in [0.3, 0.4) is 0 Å². The van der Waals surface area contributed by atoms with Gasteiger partial charge in [-0.15, -0.1) is 0 Å². The van der Waals surface area contributed by atoms with Gasteiger partial charge in [-0.05, 0) is 60.7 Å². The molecule has 0 saturated heterocycles. The number of nitrogens with two attached hydrogens (primary N) is 1. The number of amides is 2. The van der Waals surface area contributed by atoms with E-state index in [9.17, 15) is 9.59 Å². The molecule has 0 aromatic heterocycles. The second-order valence-electron chi connectivity index (χ2n) is 9.77. The maximum atomic E-state index is 13.6. The molecule has 0 bridgehead atoms. The van der Waals surface area contributed by atoms with E-state index >= 15 is 0 Å². The van der Waals surface area contributed by atoms with Crippen LogP contribution in [-0.4, -0.2) is 44.0 Å². The van der Waals surface area contributed by atoms with Gasteiger partial charge in [-0.1, -0.05) is 38.8 Å². The lowest BCUT2D eigenvalue weighted by atomic mass is 9.92. The molecule has 1 aliphatic rings. The van der Waals surface area contributed by atoms with E-state index < -0.39 is 0 Å². The lowest BCUT2D eigenvalue weighted by Gasteiger charge is -2.32. The highest BCUT2D eigenvalue weighted by Gasteiger charge is 2.26. The summed E-state index contributed by atoms with van der Waals surface area (Å²) in [5, 5.41) is 3.05. The molecule has 0 radical (unpaired) electrons. The molecule has 0 atom stereocenters. The van der Waals surface area contributed by atoms with Crippen molar-refractivity contribution in [2.45, 2.75) is 46.1 Å². The van der Waals surface area contributed by atoms with Crippen LogP contribution in [0.25, 0.3) is 0 Å². The van der Waals surface area contributed by atoms with Crippen LogP contribution in [0.4, 0.5) is 5.69 Å². The van der Waals surface area contributed by atoms with Crippen molar-refractivity contribution in [3.05, 3.63) is 53.6 Å². The summed E-state index contributed by atoms with van der Waals surface area (Å²) in [7, 11) is 3.11. The Morgan fingerprint density at radius 1 is 1.06 bits per heavy atom. The molecule has 0 spiro atoms. The molecule has 1 fully saturated rings. The third kappa shape index (κ3) is 6.50. The van der Waals surface area contributed by atoms with Crippen LogP contribution < -0.4 is 20.5 Å². The summed E-state index contributed by atoms with van der Waals surface area (Å²) < 4.78 is 10.7. The average Bonchev–Trinajstić information content (AvgIpc) is 3.38. The largest absolute Gasteiger partial charge is 0.493 e. The predicted octanol–water partition coefficient (Wildman–Crippen LogP) is 4.46. The quantitative estimate of drug-likeness (QED) is 0.538. The van der Waals surface area contributed by atoms with E-state index in [1.165, 1.54) is 0 Å². The van der Waals surface area contributed by atoms with Crippen molar-refractivity contribution >= 4 is 17.5 Å². The molecule has 1 aliphatic carbocycles. The van der Waals surface area contributed by atoms with Crippen LogP contribution in [0.5, 0.6) is 11.5 Å². The normalized spacial score (nSPS) is 14.0. The van der Waals surface area contributed by atoms with E-state index in [0.29, 0.717) is 36.7 Å². The Balaban J connectivity index is 1.82. The number of rotatable bonds is 10. The van der Waals surface area contributed by atoms with Gasteiger partial charge in [0.1, 0.15) is 0 Å². The zero-order chi connectivity index (χ0) is 24.7. The molecule has 3 rings (SSSR count). The van der Waals surface area contributed by atoms with Crippen LogP contribution in [0.15, 0.2) is 42.5 Å². The number of ether oxygens (including phenoxy) is 2. The smallest absolute Gasteiger partial charge is 0.254 e. The van der Waals surface area contributed by atoms with Gasteiger partial charge in [0.15, 0.2) is 11.5 Å². The number of hydrogen-bond acceptors (Lipinski definition) is 5. The molecule has 0 unspecified atom stereocenters. The third-order valence-corrected chi connectivity index (χ3v) is 6.38. The Morgan fingerprint density at radius 2 is 1.76 bits per heavy atom. The summed E-state index contributed by atoms with van der Waals surface area (Å²) >= 11 is 0. The van der Waals surface area contributed by atoms with Crippen LogP contribution in [0, 0.1) is 11.3 Å². The number of methoxy groups -OCH3 is 2. The first-order valence-corrected chi connectivity index (χ1v) is 11.9. The average molecular weight is 468 g/mol. The Labute approximate surface area is 202 Å². The van der Waals surface area contributed by atoms with Crippen molar-refractivity contribution < 1.29 is 19.1 Å². The molecule has 7 heteroatoms. The maximum absolute atomic E-state index is 13.6. The maximum Gasteiger partial charge on any atom is 0.254 e. The highest BCUT2D eigenvalue weighted by molar-refractivity contribution is 5.95. The Kier molecular flexibility index (Phi) is 8.56. The molecule has 2 aromatic carbocycles. The van der Waals surface area contributed by atoms with Crippen LogP contribution in [0.1, 0.15) is 55.5 Å². The van der Waals surface area contributed by atoms with E-state index in [-0.39, 0.29) is 23.1 Å². The van der Waals surface area contributed by atoms with Gasteiger partial charge in [0.25, 0.3) is 5.91 Å². The molecule has 1 saturated carbocycles. The van der Waals surface area contributed by atoms with E-state index in [1.54, 1.807) is 37.3 Å². The number of nitrogens with one attached hydrogen (secondary N) is 1. The molecular weight excluding hydrogens is 430 g/mol. The standard InChI is InChI=1S/C27H37N3O4/c1-27(2,17-28)18-30(26(32)21-12-13-23(33-3)24(15-21)34-4)16-19-8-7-11-22(14-19)29-25(31)20-9-5-6-10-20/h7-8,11-15,20H,5-6,9-10,16-18,28H2,1-4H3,(H,29,31). The van der Waals surface area contributed by atoms with Gasteiger partial charge >= 0.3 is 0 Å². The van der Waals surface area contributed by atoms with Gasteiger partial charge in [0, 0.05) is 30.3 Å².